The van der Waals surface area contributed by atoms with Gasteiger partial charge in [0.05, 0.1) is 7.11 Å². The van der Waals surface area contributed by atoms with Gasteiger partial charge in [0.15, 0.2) is 0 Å². The van der Waals surface area contributed by atoms with Gasteiger partial charge in [-0.15, -0.1) is 0 Å². The Morgan fingerprint density at radius 3 is 2.93 bits per heavy atom. The van der Waals surface area contributed by atoms with Crippen LogP contribution < -0.4 is 10.5 Å². The van der Waals surface area contributed by atoms with Crippen LogP contribution in [-0.2, 0) is 0 Å². The zero-order valence-electron chi connectivity index (χ0n) is 7.62. The van der Waals surface area contributed by atoms with E-state index in [1.54, 1.807) is 31.5 Å². The van der Waals surface area contributed by atoms with E-state index in [1.807, 2.05) is 0 Å². The van der Waals surface area contributed by atoms with Gasteiger partial charge in [0.1, 0.15) is 11.3 Å². The van der Waals surface area contributed by atoms with Crippen molar-refractivity contribution in [3.05, 3.63) is 29.4 Å². The minimum atomic E-state index is 0.592. The number of nitrogen functional groups attached to an aromatic ring is 1. The molecule has 14 heavy (non-hydrogen) atoms. The monoisotopic (exact) mass is 208 g/mol. The Morgan fingerprint density at radius 2 is 2.21 bits per heavy atom. The van der Waals surface area contributed by atoms with Gasteiger partial charge < -0.3 is 10.5 Å². The molecule has 0 bridgehead atoms. The van der Waals surface area contributed by atoms with Crippen LogP contribution in [0.4, 0.5) is 5.69 Å². The molecule has 0 aliphatic carbocycles. The molecule has 0 atom stereocenters. The predicted octanol–water partition coefficient (Wildman–Crippen LogP) is 2.48. The number of aromatic nitrogens is 1. The molecule has 1 heterocycles. The third-order valence-corrected chi connectivity index (χ3v) is 2.25. The van der Waals surface area contributed by atoms with Crippen LogP contribution in [-0.4, -0.2) is 12.1 Å². The van der Waals surface area contributed by atoms with Crippen molar-refractivity contribution in [3.8, 4) is 5.75 Å². The molecule has 0 fully saturated rings. The highest BCUT2D eigenvalue weighted by atomic mass is 35.5. The molecule has 2 rings (SSSR count). The summed E-state index contributed by atoms with van der Waals surface area (Å²) in [5.74, 6) is 0.639. The lowest BCUT2D eigenvalue weighted by Gasteiger charge is -2.06. The van der Waals surface area contributed by atoms with Crippen molar-refractivity contribution in [2.45, 2.75) is 0 Å². The van der Waals surface area contributed by atoms with E-state index < -0.39 is 0 Å². The first-order valence-electron chi connectivity index (χ1n) is 4.10. The van der Waals surface area contributed by atoms with Crippen molar-refractivity contribution in [1.29, 1.82) is 0 Å². The van der Waals surface area contributed by atoms with Gasteiger partial charge in [-0.3, -0.25) is 4.98 Å². The van der Waals surface area contributed by atoms with Gasteiger partial charge in [-0.1, -0.05) is 11.6 Å². The van der Waals surface area contributed by atoms with Gasteiger partial charge in [0.25, 0.3) is 0 Å². The van der Waals surface area contributed by atoms with E-state index in [1.165, 1.54) is 0 Å². The minimum absolute atomic E-state index is 0.592. The van der Waals surface area contributed by atoms with E-state index in [4.69, 9.17) is 22.1 Å². The molecule has 3 nitrogen and oxygen atoms in total. The number of hydrogen-bond donors (Lipinski definition) is 1. The van der Waals surface area contributed by atoms with Crippen LogP contribution in [0.1, 0.15) is 0 Å². The summed E-state index contributed by atoms with van der Waals surface area (Å²) < 4.78 is 5.16. The van der Waals surface area contributed by atoms with Crippen molar-refractivity contribution < 1.29 is 4.74 Å². The number of anilines is 1. The second kappa shape index (κ2) is 3.35. The van der Waals surface area contributed by atoms with Crippen LogP contribution in [0.25, 0.3) is 10.9 Å². The molecule has 1 aromatic heterocycles. The highest BCUT2D eigenvalue weighted by Gasteiger charge is 2.06. The number of halogens is 1. The number of ether oxygens (including phenoxy) is 1. The van der Waals surface area contributed by atoms with Gasteiger partial charge in [-0.2, -0.15) is 0 Å². The molecule has 0 radical (unpaired) electrons. The largest absolute Gasteiger partial charge is 0.494 e. The van der Waals surface area contributed by atoms with Crippen LogP contribution >= 0.6 is 11.6 Å². The molecular weight excluding hydrogens is 200 g/mol. The second-order valence-corrected chi connectivity index (χ2v) is 3.34. The molecule has 2 aromatic rings. The summed E-state index contributed by atoms with van der Waals surface area (Å²) in [4.78, 5) is 4.19. The molecule has 2 N–H and O–H groups in total. The number of benzene rings is 1. The molecular formula is C10H9ClN2O. The average molecular weight is 209 g/mol. The van der Waals surface area contributed by atoms with Gasteiger partial charge >= 0.3 is 0 Å². The van der Waals surface area contributed by atoms with Crippen molar-refractivity contribution in [2.75, 3.05) is 12.8 Å². The summed E-state index contributed by atoms with van der Waals surface area (Å²) in [6.45, 7) is 0. The Hall–Kier alpha value is -1.48. The van der Waals surface area contributed by atoms with Gasteiger partial charge in [-0.05, 0) is 12.1 Å². The number of nitrogens with two attached hydrogens (primary N) is 1. The van der Waals surface area contributed by atoms with E-state index in [0.29, 0.717) is 16.5 Å². The maximum atomic E-state index is 5.91. The van der Waals surface area contributed by atoms with E-state index in [9.17, 15) is 0 Å². The van der Waals surface area contributed by atoms with Crippen LogP contribution in [0, 0.1) is 0 Å². The van der Waals surface area contributed by atoms with E-state index in [-0.39, 0.29) is 0 Å². The smallest absolute Gasteiger partial charge is 0.146 e. The summed E-state index contributed by atoms with van der Waals surface area (Å²) >= 11 is 5.91. The summed E-state index contributed by atoms with van der Waals surface area (Å²) in [5, 5.41) is 1.41. The number of fused-ring (bicyclic) bond motifs is 1. The number of rotatable bonds is 1. The fraction of sp³-hybridized carbons (Fsp3) is 0.100. The third-order valence-electron chi connectivity index (χ3n) is 2.03. The lowest BCUT2D eigenvalue weighted by molar-refractivity contribution is 0.419. The molecule has 0 aliphatic rings. The summed E-state index contributed by atoms with van der Waals surface area (Å²) in [5.41, 5.74) is 7.18. The van der Waals surface area contributed by atoms with E-state index in [0.717, 1.165) is 10.9 Å². The number of methoxy groups -OCH3 is 1. The van der Waals surface area contributed by atoms with Crippen LogP contribution in [0.15, 0.2) is 24.4 Å². The molecule has 0 saturated heterocycles. The van der Waals surface area contributed by atoms with Gasteiger partial charge in [0, 0.05) is 28.4 Å². The molecule has 72 valence electrons. The molecule has 0 saturated carbocycles. The average Bonchev–Trinajstić information content (AvgIpc) is 2.18. The normalized spacial score (nSPS) is 10.4. The molecule has 0 aliphatic heterocycles. The lowest BCUT2D eigenvalue weighted by atomic mass is 10.2. The molecule has 1 aromatic carbocycles. The van der Waals surface area contributed by atoms with Crippen LogP contribution in [0.3, 0.4) is 0 Å². The maximum absolute atomic E-state index is 5.91. The Kier molecular flexibility index (Phi) is 2.17. The number of nitrogens with zero attached hydrogens (tertiary/aromatic N) is 1. The Labute approximate surface area is 86.5 Å². The first kappa shape index (κ1) is 9.09. The molecule has 0 spiro atoms. The summed E-state index contributed by atoms with van der Waals surface area (Å²) in [7, 11) is 1.58. The summed E-state index contributed by atoms with van der Waals surface area (Å²) in [6, 6.07) is 5.23. The zero-order valence-corrected chi connectivity index (χ0v) is 8.38. The van der Waals surface area contributed by atoms with Crippen LogP contribution in [0.5, 0.6) is 5.75 Å². The standard InChI is InChI=1S/C10H9ClN2O/c1-14-9-5-6(11)4-7-8(12)2-3-13-10(7)9/h2-5H,1H3,(H2,12,13). The van der Waals surface area contributed by atoms with Gasteiger partial charge in [0.2, 0.25) is 0 Å². The van der Waals surface area contributed by atoms with Crippen molar-refractivity contribution in [2.24, 2.45) is 0 Å². The number of hydrogen-bond acceptors (Lipinski definition) is 3. The topological polar surface area (TPSA) is 48.1 Å². The quantitative estimate of drug-likeness (QED) is 0.783. The van der Waals surface area contributed by atoms with Gasteiger partial charge in [-0.25, -0.2) is 0 Å². The van der Waals surface area contributed by atoms with Crippen molar-refractivity contribution in [3.63, 3.8) is 0 Å². The zero-order chi connectivity index (χ0) is 10.1. The highest BCUT2D eigenvalue weighted by Crippen LogP contribution is 2.30. The Balaban J connectivity index is 2.87. The molecule has 4 heteroatoms. The van der Waals surface area contributed by atoms with E-state index >= 15 is 0 Å². The predicted molar refractivity (Wildman–Crippen MR) is 57.7 cm³/mol. The summed E-state index contributed by atoms with van der Waals surface area (Å²) in [6.07, 6.45) is 1.65. The Bertz CT molecular complexity index is 485. The second-order valence-electron chi connectivity index (χ2n) is 2.90. The van der Waals surface area contributed by atoms with Crippen molar-refractivity contribution in [1.82, 2.24) is 4.98 Å². The maximum Gasteiger partial charge on any atom is 0.146 e. The highest BCUT2D eigenvalue weighted by molar-refractivity contribution is 6.31. The van der Waals surface area contributed by atoms with Crippen LogP contribution in [0.2, 0.25) is 5.02 Å². The fourth-order valence-corrected chi connectivity index (χ4v) is 1.57. The fourth-order valence-electron chi connectivity index (χ4n) is 1.36. The van der Waals surface area contributed by atoms with Crippen molar-refractivity contribution >= 4 is 28.2 Å². The molecule has 0 amide bonds. The SMILES string of the molecule is COc1cc(Cl)cc2c(N)ccnc12. The Morgan fingerprint density at radius 1 is 1.43 bits per heavy atom. The first-order chi connectivity index (χ1) is 6.72. The minimum Gasteiger partial charge on any atom is -0.494 e. The lowest BCUT2D eigenvalue weighted by Crippen LogP contribution is -1.92. The first-order valence-corrected chi connectivity index (χ1v) is 4.48. The third kappa shape index (κ3) is 1.36. The number of pyridine rings is 1. The molecule has 0 unspecified atom stereocenters. The van der Waals surface area contributed by atoms with E-state index in [2.05, 4.69) is 4.98 Å².